The van der Waals surface area contributed by atoms with Crippen molar-refractivity contribution in [3.63, 3.8) is 0 Å². The molecule has 1 N–H and O–H groups in total. The molecule has 0 aliphatic rings. The second kappa shape index (κ2) is 4.85. The normalized spacial score (nSPS) is 10.8. The molecule has 19 heavy (non-hydrogen) atoms. The summed E-state index contributed by atoms with van der Waals surface area (Å²) in [6.45, 7) is 2.51. The van der Waals surface area contributed by atoms with Gasteiger partial charge in [0.25, 0.3) is 0 Å². The molecule has 0 aliphatic carbocycles. The molecular formula is C13H12ClN5. The summed E-state index contributed by atoms with van der Waals surface area (Å²) in [5, 5.41) is 12.3. The molecule has 2 aromatic heterocycles. The highest BCUT2D eigenvalue weighted by Crippen LogP contribution is 2.14. The molecular weight excluding hydrogens is 262 g/mol. The van der Waals surface area contributed by atoms with E-state index in [9.17, 15) is 0 Å². The molecule has 0 saturated carbocycles. The number of hydrogen-bond acceptors (Lipinski definition) is 4. The topological polar surface area (TPSA) is 55.1 Å². The SMILES string of the molecule is Cc1cc2nnc(CNc3ccc(Cl)cc3)n2cn1. The molecule has 3 aromatic rings. The largest absolute Gasteiger partial charge is 0.378 e. The zero-order valence-electron chi connectivity index (χ0n) is 10.3. The van der Waals surface area contributed by atoms with Gasteiger partial charge in [0, 0.05) is 22.5 Å². The summed E-state index contributed by atoms with van der Waals surface area (Å²) in [6.07, 6.45) is 1.74. The van der Waals surface area contributed by atoms with Gasteiger partial charge in [0.15, 0.2) is 11.5 Å². The van der Waals surface area contributed by atoms with Gasteiger partial charge in [0.05, 0.1) is 6.54 Å². The first-order chi connectivity index (χ1) is 9.22. The molecule has 2 heterocycles. The molecule has 0 fully saturated rings. The molecule has 0 atom stereocenters. The lowest BCUT2D eigenvalue weighted by molar-refractivity contribution is 0.900. The van der Waals surface area contributed by atoms with Crippen molar-refractivity contribution >= 4 is 22.9 Å². The smallest absolute Gasteiger partial charge is 0.163 e. The molecule has 0 radical (unpaired) electrons. The maximum atomic E-state index is 5.84. The third-order valence-corrected chi connectivity index (χ3v) is 3.05. The first kappa shape index (κ1) is 11.9. The number of rotatable bonds is 3. The van der Waals surface area contributed by atoms with Crippen molar-refractivity contribution in [2.45, 2.75) is 13.5 Å². The van der Waals surface area contributed by atoms with Crippen LogP contribution in [0.1, 0.15) is 11.5 Å². The van der Waals surface area contributed by atoms with Crippen molar-refractivity contribution in [3.05, 3.63) is 53.2 Å². The van der Waals surface area contributed by atoms with Gasteiger partial charge in [-0.1, -0.05) is 11.6 Å². The van der Waals surface area contributed by atoms with Crippen LogP contribution in [0, 0.1) is 6.92 Å². The molecule has 3 rings (SSSR count). The minimum absolute atomic E-state index is 0.577. The van der Waals surface area contributed by atoms with Gasteiger partial charge in [-0.05, 0) is 31.2 Å². The quantitative estimate of drug-likeness (QED) is 0.797. The number of nitrogens with one attached hydrogen (secondary N) is 1. The van der Waals surface area contributed by atoms with Crippen LogP contribution in [0.2, 0.25) is 5.02 Å². The minimum atomic E-state index is 0.577. The van der Waals surface area contributed by atoms with Crippen molar-refractivity contribution < 1.29 is 0 Å². The fourth-order valence-corrected chi connectivity index (χ4v) is 1.93. The average Bonchev–Trinajstić information content (AvgIpc) is 2.80. The van der Waals surface area contributed by atoms with Gasteiger partial charge in [0.1, 0.15) is 6.33 Å². The zero-order chi connectivity index (χ0) is 13.2. The molecule has 0 bridgehead atoms. The van der Waals surface area contributed by atoms with E-state index >= 15 is 0 Å². The first-order valence-electron chi connectivity index (χ1n) is 5.88. The number of hydrogen-bond donors (Lipinski definition) is 1. The highest BCUT2D eigenvalue weighted by atomic mass is 35.5. The lowest BCUT2D eigenvalue weighted by atomic mass is 10.3. The van der Waals surface area contributed by atoms with E-state index in [-0.39, 0.29) is 0 Å². The fourth-order valence-electron chi connectivity index (χ4n) is 1.80. The van der Waals surface area contributed by atoms with Crippen molar-refractivity contribution in [1.29, 1.82) is 0 Å². The number of fused-ring (bicyclic) bond motifs is 1. The van der Waals surface area contributed by atoms with Crippen molar-refractivity contribution in [1.82, 2.24) is 19.6 Å². The predicted molar refractivity (Wildman–Crippen MR) is 74.3 cm³/mol. The van der Waals surface area contributed by atoms with Gasteiger partial charge in [-0.25, -0.2) is 4.98 Å². The zero-order valence-corrected chi connectivity index (χ0v) is 11.1. The molecule has 0 amide bonds. The second-order valence-corrected chi connectivity index (χ2v) is 4.67. The summed E-state index contributed by atoms with van der Waals surface area (Å²) in [5.74, 6) is 0.817. The van der Waals surface area contributed by atoms with E-state index in [4.69, 9.17) is 11.6 Å². The number of halogens is 1. The maximum absolute atomic E-state index is 5.84. The maximum Gasteiger partial charge on any atom is 0.163 e. The van der Waals surface area contributed by atoms with Crippen molar-refractivity contribution in [2.24, 2.45) is 0 Å². The Balaban J connectivity index is 1.80. The molecule has 96 valence electrons. The number of aryl methyl sites for hydroxylation is 1. The van der Waals surface area contributed by atoms with E-state index in [1.165, 1.54) is 0 Å². The summed E-state index contributed by atoms with van der Waals surface area (Å²) in [6, 6.07) is 9.44. The Labute approximate surface area is 115 Å². The molecule has 0 spiro atoms. The van der Waals surface area contributed by atoms with Crippen molar-refractivity contribution in [2.75, 3.05) is 5.32 Å². The van der Waals surface area contributed by atoms with Gasteiger partial charge < -0.3 is 5.32 Å². The Kier molecular flexibility index (Phi) is 3.05. The fraction of sp³-hybridized carbons (Fsp3) is 0.154. The van der Waals surface area contributed by atoms with Gasteiger partial charge in [-0.2, -0.15) is 0 Å². The van der Waals surface area contributed by atoms with Crippen molar-refractivity contribution in [3.8, 4) is 0 Å². The second-order valence-electron chi connectivity index (χ2n) is 4.24. The van der Waals surface area contributed by atoms with Gasteiger partial charge in [-0.15, -0.1) is 10.2 Å². The summed E-state index contributed by atoms with van der Waals surface area (Å²) in [7, 11) is 0. The van der Waals surface area contributed by atoms with Crippen LogP contribution in [0.15, 0.2) is 36.7 Å². The molecule has 1 aromatic carbocycles. The van der Waals surface area contributed by atoms with E-state index in [1.54, 1.807) is 6.33 Å². The summed E-state index contributed by atoms with van der Waals surface area (Å²) >= 11 is 5.84. The standard InChI is InChI=1S/C13H12ClN5/c1-9-6-12-17-18-13(19(12)8-16-9)7-15-11-4-2-10(14)3-5-11/h2-6,8,15H,7H2,1H3. The van der Waals surface area contributed by atoms with E-state index in [0.717, 1.165) is 27.9 Å². The molecule has 0 unspecified atom stereocenters. The van der Waals surface area contributed by atoms with Crippen LogP contribution in [0.4, 0.5) is 5.69 Å². The van der Waals surface area contributed by atoms with E-state index < -0.39 is 0 Å². The lowest BCUT2D eigenvalue weighted by Gasteiger charge is -2.05. The van der Waals surface area contributed by atoms with Gasteiger partial charge in [-0.3, -0.25) is 4.40 Å². The first-order valence-corrected chi connectivity index (χ1v) is 6.26. The number of anilines is 1. The third kappa shape index (κ3) is 2.51. The van der Waals surface area contributed by atoms with Gasteiger partial charge >= 0.3 is 0 Å². The lowest BCUT2D eigenvalue weighted by Crippen LogP contribution is -2.04. The van der Waals surface area contributed by atoms with Crippen LogP contribution in [-0.4, -0.2) is 19.6 Å². The van der Waals surface area contributed by atoms with E-state index in [2.05, 4.69) is 20.5 Å². The van der Waals surface area contributed by atoms with Crippen LogP contribution >= 0.6 is 11.6 Å². The van der Waals surface area contributed by atoms with E-state index in [0.29, 0.717) is 6.54 Å². The van der Waals surface area contributed by atoms with Crippen LogP contribution in [0.3, 0.4) is 0 Å². The van der Waals surface area contributed by atoms with Crippen LogP contribution in [-0.2, 0) is 6.54 Å². The minimum Gasteiger partial charge on any atom is -0.378 e. The summed E-state index contributed by atoms with van der Waals surface area (Å²) < 4.78 is 1.87. The predicted octanol–water partition coefficient (Wildman–Crippen LogP) is 2.70. The Morgan fingerprint density at radius 1 is 1.21 bits per heavy atom. The number of nitrogens with zero attached hydrogens (tertiary/aromatic N) is 4. The van der Waals surface area contributed by atoms with Crippen LogP contribution in [0.25, 0.3) is 5.65 Å². The Bertz CT molecular complexity index is 705. The highest BCUT2D eigenvalue weighted by Gasteiger charge is 2.05. The monoisotopic (exact) mass is 273 g/mol. The Morgan fingerprint density at radius 3 is 2.79 bits per heavy atom. The van der Waals surface area contributed by atoms with Crippen LogP contribution in [0.5, 0.6) is 0 Å². The Morgan fingerprint density at radius 2 is 2.00 bits per heavy atom. The molecule has 0 saturated heterocycles. The highest BCUT2D eigenvalue weighted by molar-refractivity contribution is 6.30. The average molecular weight is 274 g/mol. The Hall–Kier alpha value is -2.14. The summed E-state index contributed by atoms with van der Waals surface area (Å²) in [5.41, 5.74) is 2.72. The van der Waals surface area contributed by atoms with Gasteiger partial charge in [0.2, 0.25) is 0 Å². The number of benzene rings is 1. The number of aromatic nitrogens is 4. The molecule has 6 heteroatoms. The molecule has 0 aliphatic heterocycles. The van der Waals surface area contributed by atoms with Crippen LogP contribution < -0.4 is 5.32 Å². The third-order valence-electron chi connectivity index (χ3n) is 2.80. The molecule has 5 nitrogen and oxygen atoms in total. The van der Waals surface area contributed by atoms with E-state index in [1.807, 2.05) is 41.7 Å². The summed E-state index contributed by atoms with van der Waals surface area (Å²) in [4.78, 5) is 4.24.